The Labute approximate surface area is 160 Å². The van der Waals surface area contributed by atoms with E-state index in [1.807, 2.05) is 0 Å². The molecule has 7 heteroatoms. The van der Waals surface area contributed by atoms with E-state index in [0.29, 0.717) is 42.8 Å². The molecule has 1 fully saturated rings. The highest BCUT2D eigenvalue weighted by Crippen LogP contribution is 2.24. The summed E-state index contributed by atoms with van der Waals surface area (Å²) in [5, 5.41) is 0. The third kappa shape index (κ3) is 5.12. The van der Waals surface area contributed by atoms with E-state index in [1.54, 1.807) is 29.2 Å². The summed E-state index contributed by atoms with van der Waals surface area (Å²) in [5.41, 5.74) is 0.988. The molecule has 1 heterocycles. The van der Waals surface area contributed by atoms with Crippen LogP contribution in [0.25, 0.3) is 0 Å². The van der Waals surface area contributed by atoms with Crippen molar-refractivity contribution in [3.8, 4) is 5.75 Å². The molecule has 1 aliphatic heterocycles. The van der Waals surface area contributed by atoms with Gasteiger partial charge in [0.1, 0.15) is 11.9 Å². The number of aldehydes is 1. The summed E-state index contributed by atoms with van der Waals surface area (Å²) in [5.74, 6) is 0.327. The predicted molar refractivity (Wildman–Crippen MR) is 97.6 cm³/mol. The van der Waals surface area contributed by atoms with E-state index in [9.17, 15) is 22.8 Å². The van der Waals surface area contributed by atoms with E-state index in [-0.39, 0.29) is 17.6 Å². The maximum atomic E-state index is 12.6. The summed E-state index contributed by atoms with van der Waals surface area (Å²) in [7, 11) is 0. The van der Waals surface area contributed by atoms with Crippen molar-refractivity contribution in [1.82, 2.24) is 4.90 Å². The molecule has 0 spiro atoms. The van der Waals surface area contributed by atoms with Gasteiger partial charge in [0.05, 0.1) is 12.0 Å². The summed E-state index contributed by atoms with van der Waals surface area (Å²) in [4.78, 5) is 25.3. The maximum Gasteiger partial charge on any atom is 0.393 e. The van der Waals surface area contributed by atoms with E-state index in [4.69, 9.17) is 4.74 Å². The SMILES string of the molecule is O=Cc1ccccc1OC1CCN(C(=O)c2ccc(CC(F)(F)F)cc2)CC1. The number of ether oxygens (including phenoxy) is 1. The van der Waals surface area contributed by atoms with Gasteiger partial charge in [0.15, 0.2) is 6.29 Å². The Morgan fingerprint density at radius 3 is 2.32 bits per heavy atom. The third-order valence-corrected chi connectivity index (χ3v) is 4.67. The molecule has 0 atom stereocenters. The summed E-state index contributed by atoms with van der Waals surface area (Å²) < 4.78 is 43.2. The number of hydrogen-bond acceptors (Lipinski definition) is 3. The number of carbonyl (C=O) groups is 2. The van der Waals surface area contributed by atoms with Crippen molar-refractivity contribution < 1.29 is 27.5 Å². The third-order valence-electron chi connectivity index (χ3n) is 4.67. The Morgan fingerprint density at radius 1 is 1.07 bits per heavy atom. The van der Waals surface area contributed by atoms with Crippen LogP contribution >= 0.6 is 0 Å². The second-order valence-corrected chi connectivity index (χ2v) is 6.75. The molecule has 3 rings (SSSR count). The molecule has 0 aliphatic carbocycles. The standard InChI is InChI=1S/C21H20F3NO3/c22-21(23,24)13-15-5-7-16(8-6-15)20(27)25-11-9-18(10-12-25)28-19-4-2-1-3-17(19)14-26/h1-8,14,18H,9-13H2. The first kappa shape index (κ1) is 19.9. The van der Waals surface area contributed by atoms with Gasteiger partial charge in [-0.3, -0.25) is 9.59 Å². The normalized spacial score (nSPS) is 15.3. The summed E-state index contributed by atoms with van der Waals surface area (Å²) >= 11 is 0. The zero-order chi connectivity index (χ0) is 20.1. The van der Waals surface area contributed by atoms with Crippen molar-refractivity contribution in [2.24, 2.45) is 0 Å². The number of halogens is 3. The topological polar surface area (TPSA) is 46.6 Å². The lowest BCUT2D eigenvalue weighted by Gasteiger charge is -2.32. The number of amides is 1. The van der Waals surface area contributed by atoms with Gasteiger partial charge >= 0.3 is 6.18 Å². The highest BCUT2D eigenvalue weighted by molar-refractivity contribution is 5.94. The number of carbonyl (C=O) groups excluding carboxylic acids is 2. The summed E-state index contributed by atoms with van der Waals surface area (Å²) in [6.07, 6.45) is -3.39. The van der Waals surface area contributed by atoms with Crippen LogP contribution in [0.2, 0.25) is 0 Å². The fourth-order valence-electron chi connectivity index (χ4n) is 3.22. The van der Waals surface area contributed by atoms with Crippen LogP contribution < -0.4 is 4.74 Å². The molecular weight excluding hydrogens is 371 g/mol. The van der Waals surface area contributed by atoms with Gasteiger partial charge in [0.2, 0.25) is 0 Å². The van der Waals surface area contributed by atoms with Crippen LogP contribution in [0.3, 0.4) is 0 Å². The molecule has 0 N–H and O–H groups in total. The van der Waals surface area contributed by atoms with Crippen molar-refractivity contribution >= 4 is 12.2 Å². The second kappa shape index (κ2) is 8.46. The highest BCUT2D eigenvalue weighted by atomic mass is 19.4. The second-order valence-electron chi connectivity index (χ2n) is 6.75. The molecule has 28 heavy (non-hydrogen) atoms. The molecule has 2 aromatic rings. The number of nitrogens with zero attached hydrogens (tertiary/aromatic N) is 1. The smallest absolute Gasteiger partial charge is 0.393 e. The molecular formula is C21H20F3NO3. The summed E-state index contributed by atoms with van der Waals surface area (Å²) in [6.45, 7) is 0.966. The van der Waals surface area contributed by atoms with Crippen molar-refractivity contribution in [3.63, 3.8) is 0 Å². The predicted octanol–water partition coefficient (Wildman–Crippen LogP) is 4.29. The van der Waals surface area contributed by atoms with Gasteiger partial charge in [-0.1, -0.05) is 24.3 Å². The van der Waals surface area contributed by atoms with Crippen LogP contribution in [0.4, 0.5) is 13.2 Å². The lowest BCUT2D eigenvalue weighted by atomic mass is 10.0. The quantitative estimate of drug-likeness (QED) is 0.715. The molecule has 1 saturated heterocycles. The fourth-order valence-corrected chi connectivity index (χ4v) is 3.22. The van der Waals surface area contributed by atoms with Crippen LogP contribution in [0.5, 0.6) is 5.75 Å². The average molecular weight is 391 g/mol. The highest BCUT2D eigenvalue weighted by Gasteiger charge is 2.28. The zero-order valence-electron chi connectivity index (χ0n) is 15.1. The Hall–Kier alpha value is -2.83. The first-order valence-electron chi connectivity index (χ1n) is 9.01. The number of alkyl halides is 3. The zero-order valence-corrected chi connectivity index (χ0v) is 15.1. The lowest BCUT2D eigenvalue weighted by Crippen LogP contribution is -2.41. The fraction of sp³-hybridized carbons (Fsp3) is 0.333. The van der Waals surface area contributed by atoms with Crippen LogP contribution in [-0.2, 0) is 6.42 Å². The number of hydrogen-bond donors (Lipinski definition) is 0. The molecule has 0 saturated carbocycles. The average Bonchev–Trinajstić information content (AvgIpc) is 2.68. The van der Waals surface area contributed by atoms with E-state index < -0.39 is 12.6 Å². The van der Waals surface area contributed by atoms with Crippen molar-refractivity contribution in [2.45, 2.75) is 31.5 Å². The van der Waals surface area contributed by atoms with Gasteiger partial charge < -0.3 is 9.64 Å². The number of benzene rings is 2. The van der Waals surface area contributed by atoms with E-state index in [1.165, 1.54) is 24.3 Å². The van der Waals surface area contributed by atoms with Crippen LogP contribution in [-0.4, -0.2) is 42.5 Å². The minimum atomic E-state index is -4.27. The van der Waals surface area contributed by atoms with Crippen molar-refractivity contribution in [3.05, 3.63) is 65.2 Å². The number of rotatable bonds is 5. The molecule has 0 radical (unpaired) electrons. The molecule has 4 nitrogen and oxygen atoms in total. The number of para-hydroxylation sites is 1. The van der Waals surface area contributed by atoms with Crippen LogP contribution in [0, 0.1) is 0 Å². The van der Waals surface area contributed by atoms with Gasteiger partial charge in [-0.25, -0.2) is 0 Å². The van der Waals surface area contributed by atoms with Crippen molar-refractivity contribution in [2.75, 3.05) is 13.1 Å². The minimum absolute atomic E-state index is 0.0979. The van der Waals surface area contributed by atoms with Crippen LogP contribution in [0.15, 0.2) is 48.5 Å². The van der Waals surface area contributed by atoms with E-state index >= 15 is 0 Å². The summed E-state index contributed by atoms with van der Waals surface area (Å²) in [6, 6.07) is 12.5. The van der Waals surface area contributed by atoms with Gasteiger partial charge in [-0.05, 0) is 29.8 Å². The Morgan fingerprint density at radius 2 is 1.71 bits per heavy atom. The first-order chi connectivity index (χ1) is 13.4. The molecule has 2 aromatic carbocycles. The Bertz CT molecular complexity index is 826. The van der Waals surface area contributed by atoms with E-state index in [0.717, 1.165) is 6.29 Å². The van der Waals surface area contributed by atoms with Crippen LogP contribution in [0.1, 0.15) is 39.1 Å². The maximum absolute atomic E-state index is 12.6. The monoisotopic (exact) mass is 391 g/mol. The molecule has 0 unspecified atom stereocenters. The lowest BCUT2D eigenvalue weighted by molar-refractivity contribution is -0.127. The molecule has 1 amide bonds. The Kier molecular flexibility index (Phi) is 6.02. The molecule has 1 aliphatic rings. The van der Waals surface area contributed by atoms with Gasteiger partial charge in [0, 0.05) is 31.5 Å². The largest absolute Gasteiger partial charge is 0.490 e. The van der Waals surface area contributed by atoms with Gasteiger partial charge in [-0.2, -0.15) is 13.2 Å². The van der Waals surface area contributed by atoms with Crippen molar-refractivity contribution in [1.29, 1.82) is 0 Å². The van der Waals surface area contributed by atoms with Gasteiger partial charge in [0.25, 0.3) is 5.91 Å². The molecule has 0 aromatic heterocycles. The number of piperidine rings is 1. The number of likely N-dealkylation sites (tertiary alicyclic amines) is 1. The first-order valence-corrected chi connectivity index (χ1v) is 9.01. The molecule has 0 bridgehead atoms. The van der Waals surface area contributed by atoms with Gasteiger partial charge in [-0.15, -0.1) is 0 Å². The van der Waals surface area contributed by atoms with E-state index in [2.05, 4.69) is 0 Å². The Balaban J connectivity index is 1.55. The molecule has 148 valence electrons. The minimum Gasteiger partial charge on any atom is -0.490 e.